The van der Waals surface area contributed by atoms with Gasteiger partial charge in [0.2, 0.25) is 11.1 Å². The molecule has 1 aromatic rings. The van der Waals surface area contributed by atoms with E-state index in [1.165, 1.54) is 0 Å². The maximum Gasteiger partial charge on any atom is 0.307 e. The molecule has 0 saturated heterocycles. The smallest absolute Gasteiger partial charge is 0.307 e. The number of hydrogen-bond acceptors (Lipinski definition) is 4. The summed E-state index contributed by atoms with van der Waals surface area (Å²) in [7, 11) is 0. The van der Waals surface area contributed by atoms with Crippen molar-refractivity contribution in [3.05, 3.63) is 14.5 Å². The van der Waals surface area contributed by atoms with Crippen LogP contribution in [0.4, 0.5) is 0 Å². The van der Waals surface area contributed by atoms with E-state index in [1.54, 1.807) is 0 Å². The lowest BCUT2D eigenvalue weighted by Crippen LogP contribution is -1.89. The Balaban J connectivity index is 2.94. The summed E-state index contributed by atoms with van der Waals surface area (Å²) in [5.41, 5.74) is 0. The van der Waals surface area contributed by atoms with Crippen LogP contribution in [0.15, 0.2) is 4.79 Å². The number of carbonyl (C=O) groups excluding carboxylic acids is 1. The Morgan fingerprint density at radius 1 is 1.73 bits per heavy atom. The summed E-state index contributed by atoms with van der Waals surface area (Å²) in [6.07, 6.45) is -0.114. The van der Waals surface area contributed by atoms with Crippen molar-refractivity contribution in [2.45, 2.75) is 6.42 Å². The summed E-state index contributed by atoms with van der Waals surface area (Å²) >= 11 is 5.81. The van der Waals surface area contributed by atoms with Gasteiger partial charge in [-0.1, -0.05) is 11.3 Å². The minimum atomic E-state index is -0.601. The summed E-state index contributed by atoms with van der Waals surface area (Å²) in [6.45, 7) is 0. The molecule has 0 amide bonds. The number of carbonyl (C=O) groups is 1. The zero-order chi connectivity index (χ0) is 8.43. The number of aromatic hydroxyl groups is 1. The third-order valence-corrected chi connectivity index (χ3v) is 2.01. The van der Waals surface area contributed by atoms with Crippen LogP contribution in [0.25, 0.3) is 0 Å². The second kappa shape index (κ2) is 3.06. The monoisotopic (exact) mass is 193 g/mol. The minimum Gasteiger partial charge on any atom is -0.494 e. The molecule has 0 spiro atoms. The lowest BCUT2D eigenvalue weighted by atomic mass is 10.4. The van der Waals surface area contributed by atoms with E-state index in [4.69, 9.17) is 16.7 Å². The van der Waals surface area contributed by atoms with E-state index in [9.17, 15) is 9.59 Å². The number of aromatic nitrogens is 1. The van der Waals surface area contributed by atoms with Gasteiger partial charge in [0, 0.05) is 0 Å². The Morgan fingerprint density at radius 2 is 2.36 bits per heavy atom. The van der Waals surface area contributed by atoms with Crippen LogP contribution in [0.2, 0.25) is 0 Å². The molecule has 1 rings (SSSR count). The molecule has 0 bridgehead atoms. The first-order valence-electron chi connectivity index (χ1n) is 2.69. The lowest BCUT2D eigenvalue weighted by molar-refractivity contribution is -0.111. The summed E-state index contributed by atoms with van der Waals surface area (Å²) in [4.78, 5) is 22.9. The maximum absolute atomic E-state index is 10.5. The zero-order valence-electron chi connectivity index (χ0n) is 5.26. The van der Waals surface area contributed by atoms with E-state index in [0.29, 0.717) is 0 Å². The standard InChI is InChI=1S/C5H4ClNO3S/c6-3(8)1-2-4(9)7-5(10)11-2/h9H,1H2,(H,7,10). The molecule has 60 valence electrons. The largest absolute Gasteiger partial charge is 0.494 e. The molecule has 11 heavy (non-hydrogen) atoms. The molecule has 0 atom stereocenters. The second-order valence-electron chi connectivity index (χ2n) is 1.82. The Bertz CT molecular complexity index is 329. The van der Waals surface area contributed by atoms with Crippen LogP contribution >= 0.6 is 22.9 Å². The molecule has 1 heterocycles. The van der Waals surface area contributed by atoms with Crippen molar-refractivity contribution < 1.29 is 9.90 Å². The first-order valence-corrected chi connectivity index (χ1v) is 3.88. The quantitative estimate of drug-likeness (QED) is 0.670. The molecule has 0 aliphatic carbocycles. The molecular weight excluding hydrogens is 190 g/mol. The highest BCUT2D eigenvalue weighted by atomic mass is 35.5. The molecule has 0 fully saturated rings. The van der Waals surface area contributed by atoms with E-state index < -0.39 is 10.1 Å². The topological polar surface area (TPSA) is 70.2 Å². The van der Waals surface area contributed by atoms with Gasteiger partial charge in [-0.05, 0) is 11.6 Å². The number of halogens is 1. The average molecular weight is 194 g/mol. The first-order chi connectivity index (χ1) is 5.09. The maximum atomic E-state index is 10.5. The summed E-state index contributed by atoms with van der Waals surface area (Å²) in [6, 6.07) is 0. The molecule has 6 heteroatoms. The van der Waals surface area contributed by atoms with Crippen molar-refractivity contribution >= 4 is 28.2 Å². The third-order valence-electron chi connectivity index (χ3n) is 1.00. The number of rotatable bonds is 2. The number of H-pyrrole nitrogens is 1. The number of nitrogens with one attached hydrogen (secondary N) is 1. The lowest BCUT2D eigenvalue weighted by Gasteiger charge is -1.88. The third kappa shape index (κ3) is 2.06. The highest BCUT2D eigenvalue weighted by Crippen LogP contribution is 2.16. The van der Waals surface area contributed by atoms with Gasteiger partial charge >= 0.3 is 4.87 Å². The van der Waals surface area contributed by atoms with Gasteiger partial charge < -0.3 is 5.11 Å². The van der Waals surface area contributed by atoms with Crippen LogP contribution in [0.1, 0.15) is 4.88 Å². The van der Waals surface area contributed by atoms with Gasteiger partial charge in [-0.25, -0.2) is 0 Å². The van der Waals surface area contributed by atoms with Gasteiger partial charge in [0.25, 0.3) is 0 Å². The van der Waals surface area contributed by atoms with Crippen molar-refractivity contribution in [2.24, 2.45) is 0 Å². The number of aromatic amines is 1. The Labute approximate surface area is 70.4 Å². The van der Waals surface area contributed by atoms with Crippen LogP contribution in [0, 0.1) is 0 Å². The van der Waals surface area contributed by atoms with Crippen LogP contribution in [-0.2, 0) is 11.2 Å². The number of hydrogen-bond donors (Lipinski definition) is 2. The fourth-order valence-electron chi connectivity index (χ4n) is 0.598. The van der Waals surface area contributed by atoms with E-state index in [1.807, 2.05) is 0 Å². The van der Waals surface area contributed by atoms with Gasteiger partial charge in [0.05, 0.1) is 11.3 Å². The van der Waals surface area contributed by atoms with Gasteiger partial charge in [0.15, 0.2) is 0 Å². The predicted molar refractivity (Wildman–Crippen MR) is 41.2 cm³/mol. The molecule has 0 saturated carbocycles. The molecule has 0 aliphatic rings. The fourth-order valence-corrected chi connectivity index (χ4v) is 1.53. The minimum absolute atomic E-state index is 0.114. The normalized spacial score (nSPS) is 9.91. The van der Waals surface area contributed by atoms with E-state index >= 15 is 0 Å². The van der Waals surface area contributed by atoms with Crippen LogP contribution in [0.5, 0.6) is 5.88 Å². The molecule has 1 aromatic heterocycles. The summed E-state index contributed by atoms with van der Waals surface area (Å²) in [5.74, 6) is -0.269. The number of thiazole rings is 1. The van der Waals surface area contributed by atoms with Gasteiger partial charge in [-0.15, -0.1) is 0 Å². The average Bonchev–Trinajstić information content (AvgIpc) is 2.09. The Kier molecular flexibility index (Phi) is 2.31. The van der Waals surface area contributed by atoms with Crippen molar-refractivity contribution in [3.8, 4) is 5.88 Å². The van der Waals surface area contributed by atoms with Crippen molar-refractivity contribution in [3.63, 3.8) is 0 Å². The first kappa shape index (κ1) is 8.29. The van der Waals surface area contributed by atoms with E-state index in [-0.39, 0.29) is 17.2 Å². The van der Waals surface area contributed by atoms with Crippen LogP contribution in [-0.4, -0.2) is 15.3 Å². The fraction of sp³-hybridized carbons (Fsp3) is 0.200. The molecule has 0 aliphatic heterocycles. The second-order valence-corrected chi connectivity index (χ2v) is 3.31. The van der Waals surface area contributed by atoms with Crippen LogP contribution in [0.3, 0.4) is 0 Å². The highest BCUT2D eigenvalue weighted by molar-refractivity contribution is 7.09. The molecular formula is C5H4ClNO3S. The van der Waals surface area contributed by atoms with Gasteiger partial charge in [0.1, 0.15) is 0 Å². The van der Waals surface area contributed by atoms with Crippen molar-refractivity contribution in [2.75, 3.05) is 0 Å². The van der Waals surface area contributed by atoms with Gasteiger partial charge in [-0.3, -0.25) is 14.6 Å². The Morgan fingerprint density at radius 3 is 2.73 bits per heavy atom. The van der Waals surface area contributed by atoms with Gasteiger partial charge in [-0.2, -0.15) is 0 Å². The van der Waals surface area contributed by atoms with Crippen LogP contribution < -0.4 is 4.87 Å². The zero-order valence-corrected chi connectivity index (χ0v) is 6.83. The predicted octanol–water partition coefficient (Wildman–Crippen LogP) is 0.450. The molecule has 4 nitrogen and oxygen atoms in total. The van der Waals surface area contributed by atoms with Crippen molar-refractivity contribution in [1.82, 2.24) is 4.98 Å². The SMILES string of the molecule is O=C(Cl)Cc1sc(=O)[nH]c1O. The molecule has 0 radical (unpaired) electrons. The highest BCUT2D eigenvalue weighted by Gasteiger charge is 2.09. The van der Waals surface area contributed by atoms with E-state index in [2.05, 4.69) is 4.98 Å². The molecule has 0 aromatic carbocycles. The van der Waals surface area contributed by atoms with Crippen molar-refractivity contribution in [1.29, 1.82) is 0 Å². The molecule has 0 unspecified atom stereocenters. The molecule has 2 N–H and O–H groups in total. The summed E-state index contributed by atoms with van der Waals surface area (Å²) < 4.78 is 0. The summed E-state index contributed by atoms with van der Waals surface area (Å²) in [5, 5.41) is 8.32. The Hall–Kier alpha value is -0.810. The van der Waals surface area contributed by atoms with E-state index in [0.717, 1.165) is 11.3 Å².